The summed E-state index contributed by atoms with van der Waals surface area (Å²) in [4.78, 5) is 0. The van der Waals surface area contributed by atoms with E-state index in [1.807, 2.05) is 27.1 Å². The second-order valence-corrected chi connectivity index (χ2v) is 5.74. The second kappa shape index (κ2) is 5.88. The van der Waals surface area contributed by atoms with Gasteiger partial charge in [-0.3, -0.25) is 4.68 Å². The summed E-state index contributed by atoms with van der Waals surface area (Å²) in [5.74, 6) is 0.908. The summed E-state index contributed by atoms with van der Waals surface area (Å²) in [6, 6.07) is 0.339. The van der Waals surface area contributed by atoms with Crippen LogP contribution in [0.3, 0.4) is 0 Å². The minimum absolute atomic E-state index is 0.339. The van der Waals surface area contributed by atoms with E-state index in [0.717, 1.165) is 34.6 Å². The van der Waals surface area contributed by atoms with Crippen LogP contribution >= 0.6 is 15.9 Å². The predicted octanol–water partition coefficient (Wildman–Crippen LogP) is 2.51. The molecule has 2 heterocycles. The Labute approximate surface area is 121 Å². The summed E-state index contributed by atoms with van der Waals surface area (Å²) in [7, 11) is 1.92. The molecule has 19 heavy (non-hydrogen) atoms. The van der Waals surface area contributed by atoms with E-state index < -0.39 is 0 Å². The molecule has 0 aliphatic heterocycles. The first kappa shape index (κ1) is 14.3. The lowest BCUT2D eigenvalue weighted by Gasteiger charge is -2.12. The Morgan fingerprint density at radius 3 is 2.74 bits per heavy atom. The lowest BCUT2D eigenvalue weighted by Crippen LogP contribution is -2.28. The minimum Gasteiger partial charge on any atom is -0.361 e. The standard InChI is InChI=1S/C13H19BrN4O/c1-8(5-11-9(2)17-19-10(11)3)15-6-13-12(14)7-18(4)16-13/h7-8,15H,5-6H2,1-4H3. The highest BCUT2D eigenvalue weighted by molar-refractivity contribution is 9.10. The van der Waals surface area contributed by atoms with Crippen molar-refractivity contribution in [2.24, 2.45) is 7.05 Å². The van der Waals surface area contributed by atoms with E-state index in [1.54, 1.807) is 4.68 Å². The molecule has 5 nitrogen and oxygen atoms in total. The van der Waals surface area contributed by atoms with E-state index in [1.165, 1.54) is 5.56 Å². The van der Waals surface area contributed by atoms with Gasteiger partial charge in [0.1, 0.15) is 5.76 Å². The highest BCUT2D eigenvalue weighted by Crippen LogP contribution is 2.16. The molecule has 2 aromatic rings. The summed E-state index contributed by atoms with van der Waals surface area (Å²) in [6.45, 7) is 6.83. The maximum atomic E-state index is 5.18. The fraction of sp³-hybridized carbons (Fsp3) is 0.538. The van der Waals surface area contributed by atoms with Crippen LogP contribution in [0.25, 0.3) is 0 Å². The van der Waals surface area contributed by atoms with E-state index in [2.05, 4.69) is 38.4 Å². The molecular formula is C13H19BrN4O. The fourth-order valence-electron chi connectivity index (χ4n) is 2.07. The van der Waals surface area contributed by atoms with Crippen LogP contribution in [0.4, 0.5) is 0 Å². The lowest BCUT2D eigenvalue weighted by molar-refractivity contribution is 0.391. The average Bonchev–Trinajstić information content (AvgIpc) is 2.83. The van der Waals surface area contributed by atoms with Crippen LogP contribution in [0.5, 0.6) is 0 Å². The van der Waals surface area contributed by atoms with Crippen molar-refractivity contribution in [2.45, 2.75) is 39.8 Å². The first-order valence-electron chi connectivity index (χ1n) is 6.30. The molecule has 2 rings (SSSR count). The Bertz CT molecular complexity index is 541. The van der Waals surface area contributed by atoms with Crippen molar-refractivity contribution >= 4 is 15.9 Å². The first-order valence-corrected chi connectivity index (χ1v) is 7.09. The topological polar surface area (TPSA) is 55.9 Å². The van der Waals surface area contributed by atoms with Crippen LogP contribution in [0.15, 0.2) is 15.2 Å². The number of nitrogens with zero attached hydrogens (tertiary/aromatic N) is 3. The third-order valence-electron chi connectivity index (χ3n) is 3.16. The van der Waals surface area contributed by atoms with E-state index in [4.69, 9.17) is 4.52 Å². The maximum Gasteiger partial charge on any atom is 0.137 e. The molecule has 0 aliphatic rings. The molecule has 0 saturated heterocycles. The smallest absolute Gasteiger partial charge is 0.137 e. The quantitative estimate of drug-likeness (QED) is 0.917. The normalized spacial score (nSPS) is 12.9. The van der Waals surface area contributed by atoms with Gasteiger partial charge in [-0.1, -0.05) is 5.16 Å². The van der Waals surface area contributed by atoms with Crippen molar-refractivity contribution in [1.82, 2.24) is 20.3 Å². The molecule has 104 valence electrons. The van der Waals surface area contributed by atoms with Gasteiger partial charge in [0, 0.05) is 31.4 Å². The van der Waals surface area contributed by atoms with Gasteiger partial charge < -0.3 is 9.84 Å². The maximum absolute atomic E-state index is 5.18. The highest BCUT2D eigenvalue weighted by atomic mass is 79.9. The summed E-state index contributed by atoms with van der Waals surface area (Å²) >= 11 is 3.50. The summed E-state index contributed by atoms with van der Waals surface area (Å²) in [5, 5.41) is 11.8. The Hall–Kier alpha value is -1.14. The largest absolute Gasteiger partial charge is 0.361 e. The van der Waals surface area contributed by atoms with Crippen molar-refractivity contribution in [3.05, 3.63) is 33.4 Å². The Balaban J connectivity index is 1.92. The van der Waals surface area contributed by atoms with Gasteiger partial charge in [-0.25, -0.2) is 0 Å². The molecule has 0 bridgehead atoms. The Morgan fingerprint density at radius 2 is 2.21 bits per heavy atom. The SMILES string of the molecule is Cc1noc(C)c1CC(C)NCc1nn(C)cc1Br. The number of hydrogen-bond donors (Lipinski definition) is 1. The van der Waals surface area contributed by atoms with Gasteiger partial charge in [0.15, 0.2) is 0 Å². The first-order chi connectivity index (χ1) is 8.97. The summed E-state index contributed by atoms with van der Waals surface area (Å²) in [6.07, 6.45) is 2.86. The lowest BCUT2D eigenvalue weighted by atomic mass is 10.1. The van der Waals surface area contributed by atoms with Crippen molar-refractivity contribution in [1.29, 1.82) is 0 Å². The third kappa shape index (κ3) is 3.45. The minimum atomic E-state index is 0.339. The Kier molecular flexibility index (Phi) is 4.42. The average molecular weight is 327 g/mol. The molecule has 0 spiro atoms. The van der Waals surface area contributed by atoms with Crippen LogP contribution in [-0.4, -0.2) is 21.0 Å². The molecule has 0 amide bonds. The molecule has 1 atom stereocenters. The van der Waals surface area contributed by atoms with Crippen LogP contribution < -0.4 is 5.32 Å². The molecule has 0 aliphatic carbocycles. The van der Waals surface area contributed by atoms with Crippen LogP contribution in [0.2, 0.25) is 0 Å². The fourth-order valence-corrected chi connectivity index (χ4v) is 2.58. The molecule has 1 unspecified atom stereocenters. The van der Waals surface area contributed by atoms with Gasteiger partial charge in [-0.05, 0) is 43.1 Å². The van der Waals surface area contributed by atoms with E-state index in [9.17, 15) is 0 Å². The number of nitrogens with one attached hydrogen (secondary N) is 1. The molecule has 0 radical (unpaired) electrons. The molecule has 0 fully saturated rings. The molecular weight excluding hydrogens is 308 g/mol. The van der Waals surface area contributed by atoms with Crippen LogP contribution in [0.1, 0.15) is 29.6 Å². The summed E-state index contributed by atoms with van der Waals surface area (Å²) < 4.78 is 8.02. The summed E-state index contributed by atoms with van der Waals surface area (Å²) in [5.41, 5.74) is 3.19. The van der Waals surface area contributed by atoms with Crippen molar-refractivity contribution in [2.75, 3.05) is 0 Å². The van der Waals surface area contributed by atoms with Gasteiger partial charge in [-0.15, -0.1) is 0 Å². The van der Waals surface area contributed by atoms with Gasteiger partial charge in [-0.2, -0.15) is 5.10 Å². The van der Waals surface area contributed by atoms with E-state index >= 15 is 0 Å². The monoisotopic (exact) mass is 326 g/mol. The van der Waals surface area contributed by atoms with Gasteiger partial charge >= 0.3 is 0 Å². The zero-order valence-corrected chi connectivity index (χ0v) is 13.3. The molecule has 2 aromatic heterocycles. The molecule has 0 aromatic carbocycles. The van der Waals surface area contributed by atoms with Crippen molar-refractivity contribution in [3.63, 3.8) is 0 Å². The van der Waals surface area contributed by atoms with Crippen LogP contribution in [0, 0.1) is 13.8 Å². The number of halogens is 1. The molecule has 0 saturated carbocycles. The van der Waals surface area contributed by atoms with Crippen molar-refractivity contribution < 1.29 is 4.52 Å². The molecule has 1 N–H and O–H groups in total. The van der Waals surface area contributed by atoms with Gasteiger partial charge in [0.05, 0.1) is 15.9 Å². The number of hydrogen-bond acceptors (Lipinski definition) is 4. The van der Waals surface area contributed by atoms with Crippen molar-refractivity contribution in [3.8, 4) is 0 Å². The number of aryl methyl sites for hydroxylation is 3. The predicted molar refractivity (Wildman–Crippen MR) is 76.9 cm³/mol. The second-order valence-electron chi connectivity index (χ2n) is 4.89. The van der Waals surface area contributed by atoms with E-state index in [0.29, 0.717) is 6.04 Å². The Morgan fingerprint density at radius 1 is 1.47 bits per heavy atom. The van der Waals surface area contributed by atoms with Gasteiger partial charge in [0.2, 0.25) is 0 Å². The zero-order chi connectivity index (χ0) is 14.0. The van der Waals surface area contributed by atoms with Gasteiger partial charge in [0.25, 0.3) is 0 Å². The zero-order valence-electron chi connectivity index (χ0n) is 11.7. The number of aromatic nitrogens is 3. The van der Waals surface area contributed by atoms with Crippen LogP contribution in [-0.2, 0) is 20.0 Å². The third-order valence-corrected chi connectivity index (χ3v) is 3.83. The highest BCUT2D eigenvalue weighted by Gasteiger charge is 2.13. The molecule has 6 heteroatoms. The number of rotatable bonds is 5. The van der Waals surface area contributed by atoms with E-state index in [-0.39, 0.29) is 0 Å².